The molecule has 6 heteroatoms. The number of rotatable bonds is 1. The maximum atomic E-state index is 14.7. The molecule has 3 nitrogen and oxygen atoms in total. The molecule has 0 radical (unpaired) electrons. The summed E-state index contributed by atoms with van der Waals surface area (Å²) in [5, 5.41) is 3.98. The second kappa shape index (κ2) is 5.19. The minimum absolute atomic E-state index is 0.0169. The smallest absolute Gasteiger partial charge is 0.217 e. The lowest BCUT2D eigenvalue weighted by Crippen LogP contribution is -2.46. The Balaban J connectivity index is 2.02. The van der Waals surface area contributed by atoms with Crippen molar-refractivity contribution in [3.8, 4) is 0 Å². The molecule has 0 saturated heterocycles. The fourth-order valence-electron chi connectivity index (χ4n) is 3.50. The fourth-order valence-corrected chi connectivity index (χ4v) is 3.50. The van der Waals surface area contributed by atoms with Crippen LogP contribution in [-0.2, 0) is 5.41 Å². The van der Waals surface area contributed by atoms with Gasteiger partial charge in [0.2, 0.25) is 5.95 Å². The minimum atomic E-state index is -0.775. The van der Waals surface area contributed by atoms with Crippen LogP contribution < -0.4 is 0 Å². The van der Waals surface area contributed by atoms with E-state index in [1.54, 1.807) is 12.1 Å². The van der Waals surface area contributed by atoms with Crippen molar-refractivity contribution in [1.82, 2.24) is 9.61 Å². The predicted molar refractivity (Wildman–Crippen MR) is 94.3 cm³/mol. The second-order valence-electron chi connectivity index (χ2n) is 7.66. The number of aliphatic imine (C=N–C) groups is 1. The van der Waals surface area contributed by atoms with Gasteiger partial charge in [-0.2, -0.15) is 9.49 Å². The first-order valence-electron chi connectivity index (χ1n) is 8.36. The Morgan fingerprint density at radius 3 is 2.42 bits per heavy atom. The highest BCUT2D eigenvalue weighted by Crippen LogP contribution is 2.45. The molecule has 4 rings (SSSR count). The Morgan fingerprint density at radius 1 is 0.962 bits per heavy atom. The highest BCUT2D eigenvalue weighted by Gasteiger charge is 2.45. The molecule has 0 aliphatic carbocycles. The van der Waals surface area contributed by atoms with Crippen LogP contribution in [0.3, 0.4) is 0 Å². The SMILES string of the molecule is CC1(C)N=C(c2cnn3c(F)cc(F)c3c2)c2cccc(F)c2C1(C)C. The van der Waals surface area contributed by atoms with Crippen molar-refractivity contribution in [2.45, 2.75) is 38.6 Å². The Labute approximate surface area is 149 Å². The molecule has 0 bridgehead atoms. The van der Waals surface area contributed by atoms with Crippen LogP contribution in [0.1, 0.15) is 44.4 Å². The van der Waals surface area contributed by atoms with E-state index in [4.69, 9.17) is 4.99 Å². The van der Waals surface area contributed by atoms with E-state index >= 15 is 0 Å². The van der Waals surface area contributed by atoms with Gasteiger partial charge in [0.1, 0.15) is 11.3 Å². The maximum Gasteiger partial charge on any atom is 0.217 e. The first kappa shape index (κ1) is 16.8. The standard InChI is InChI=1S/C20H18F3N3/c1-19(2)17-12(6-5-7-13(17)21)18(25-20(19,3)4)11-8-15-14(22)9-16(23)26(15)24-10-11/h5-10H,1-4H3. The highest BCUT2D eigenvalue weighted by molar-refractivity contribution is 6.15. The van der Waals surface area contributed by atoms with Gasteiger partial charge in [-0.15, -0.1) is 0 Å². The number of hydrogen-bond donors (Lipinski definition) is 0. The predicted octanol–water partition coefficient (Wildman–Crippen LogP) is 4.66. The van der Waals surface area contributed by atoms with Crippen molar-refractivity contribution in [2.24, 2.45) is 4.99 Å². The van der Waals surface area contributed by atoms with E-state index < -0.39 is 22.7 Å². The van der Waals surface area contributed by atoms with E-state index in [9.17, 15) is 13.2 Å². The largest absolute Gasteiger partial charge is 0.277 e. The van der Waals surface area contributed by atoms with Gasteiger partial charge in [0.05, 0.1) is 17.4 Å². The molecule has 1 aromatic carbocycles. The zero-order valence-electron chi connectivity index (χ0n) is 14.9. The molecular formula is C20H18F3N3. The molecule has 0 spiro atoms. The van der Waals surface area contributed by atoms with E-state index in [-0.39, 0.29) is 11.3 Å². The van der Waals surface area contributed by atoms with Crippen molar-refractivity contribution in [2.75, 3.05) is 0 Å². The van der Waals surface area contributed by atoms with Gasteiger partial charge in [0.15, 0.2) is 5.82 Å². The van der Waals surface area contributed by atoms with Crippen LogP contribution in [0.25, 0.3) is 5.52 Å². The van der Waals surface area contributed by atoms with Gasteiger partial charge in [0, 0.05) is 28.2 Å². The molecule has 0 saturated carbocycles. The first-order chi connectivity index (χ1) is 12.1. The number of aromatic nitrogens is 2. The lowest BCUT2D eigenvalue weighted by Gasteiger charge is -2.44. The summed E-state index contributed by atoms with van der Waals surface area (Å²) in [4.78, 5) is 4.85. The lowest BCUT2D eigenvalue weighted by molar-refractivity contribution is 0.293. The second-order valence-corrected chi connectivity index (χ2v) is 7.66. The average molecular weight is 357 g/mol. The van der Waals surface area contributed by atoms with Crippen molar-refractivity contribution in [1.29, 1.82) is 0 Å². The summed E-state index contributed by atoms with van der Waals surface area (Å²) < 4.78 is 43.3. The van der Waals surface area contributed by atoms with Crippen LogP contribution in [0.15, 0.2) is 41.5 Å². The highest BCUT2D eigenvalue weighted by atomic mass is 19.1. The summed E-state index contributed by atoms with van der Waals surface area (Å²) in [5.74, 6) is -1.78. The van der Waals surface area contributed by atoms with Gasteiger partial charge in [-0.05, 0) is 26.0 Å². The van der Waals surface area contributed by atoms with E-state index in [0.717, 1.165) is 10.6 Å². The number of halogens is 3. The number of hydrogen-bond acceptors (Lipinski definition) is 2. The fraction of sp³-hybridized carbons (Fsp3) is 0.300. The third-order valence-corrected chi connectivity index (χ3v) is 5.61. The molecule has 1 aliphatic rings. The van der Waals surface area contributed by atoms with Gasteiger partial charge < -0.3 is 0 Å². The van der Waals surface area contributed by atoms with Crippen molar-refractivity contribution < 1.29 is 13.2 Å². The van der Waals surface area contributed by atoms with E-state index in [1.807, 2.05) is 27.7 Å². The quantitative estimate of drug-likeness (QED) is 0.623. The number of benzene rings is 1. The zero-order valence-corrected chi connectivity index (χ0v) is 14.9. The number of fused-ring (bicyclic) bond motifs is 2. The molecule has 3 aromatic rings. The normalized spacial score (nSPS) is 17.9. The summed E-state index contributed by atoms with van der Waals surface area (Å²) in [6.07, 6.45) is 1.43. The first-order valence-corrected chi connectivity index (χ1v) is 8.36. The summed E-state index contributed by atoms with van der Waals surface area (Å²) >= 11 is 0. The molecular weight excluding hydrogens is 339 g/mol. The molecule has 0 N–H and O–H groups in total. The molecule has 0 fully saturated rings. The van der Waals surface area contributed by atoms with Crippen LogP contribution in [0.4, 0.5) is 13.2 Å². The number of nitrogens with zero attached hydrogens (tertiary/aromatic N) is 3. The molecule has 0 unspecified atom stereocenters. The van der Waals surface area contributed by atoms with Crippen LogP contribution >= 0.6 is 0 Å². The average Bonchev–Trinajstić information content (AvgIpc) is 2.85. The van der Waals surface area contributed by atoms with Gasteiger partial charge in [-0.3, -0.25) is 4.99 Å². The lowest BCUT2D eigenvalue weighted by atomic mass is 9.65. The van der Waals surface area contributed by atoms with Gasteiger partial charge in [-0.1, -0.05) is 26.0 Å². The van der Waals surface area contributed by atoms with Crippen molar-refractivity contribution in [3.05, 3.63) is 70.8 Å². The summed E-state index contributed by atoms with van der Waals surface area (Å²) in [5.41, 5.74) is 1.13. The van der Waals surface area contributed by atoms with Crippen LogP contribution in [-0.4, -0.2) is 20.9 Å². The third-order valence-electron chi connectivity index (χ3n) is 5.61. The van der Waals surface area contributed by atoms with Crippen LogP contribution in [0, 0.1) is 17.6 Å². The van der Waals surface area contributed by atoms with Crippen molar-refractivity contribution >= 4 is 11.2 Å². The molecule has 1 aliphatic heterocycles. The molecule has 0 atom stereocenters. The molecule has 26 heavy (non-hydrogen) atoms. The zero-order chi connectivity index (χ0) is 18.9. The van der Waals surface area contributed by atoms with E-state index in [2.05, 4.69) is 5.10 Å². The molecule has 2 aromatic heterocycles. The van der Waals surface area contributed by atoms with E-state index in [0.29, 0.717) is 22.4 Å². The Bertz CT molecular complexity index is 1080. The van der Waals surface area contributed by atoms with Crippen LogP contribution in [0.5, 0.6) is 0 Å². The summed E-state index contributed by atoms with van der Waals surface area (Å²) in [6, 6.07) is 7.14. The molecule has 3 heterocycles. The molecule has 0 amide bonds. The maximum absolute atomic E-state index is 14.7. The Morgan fingerprint density at radius 2 is 1.69 bits per heavy atom. The topological polar surface area (TPSA) is 29.7 Å². The van der Waals surface area contributed by atoms with Gasteiger partial charge >= 0.3 is 0 Å². The summed E-state index contributed by atoms with van der Waals surface area (Å²) in [7, 11) is 0. The van der Waals surface area contributed by atoms with Gasteiger partial charge in [0.25, 0.3) is 0 Å². The summed E-state index contributed by atoms with van der Waals surface area (Å²) in [6.45, 7) is 7.79. The van der Waals surface area contributed by atoms with Gasteiger partial charge in [-0.25, -0.2) is 13.3 Å². The van der Waals surface area contributed by atoms with Crippen molar-refractivity contribution in [3.63, 3.8) is 0 Å². The Hall–Kier alpha value is -2.63. The minimum Gasteiger partial charge on any atom is -0.277 e. The third kappa shape index (κ3) is 2.14. The molecule has 134 valence electrons. The monoisotopic (exact) mass is 357 g/mol. The van der Waals surface area contributed by atoms with E-state index in [1.165, 1.54) is 18.3 Å². The van der Waals surface area contributed by atoms with Crippen LogP contribution in [0.2, 0.25) is 0 Å². The Kier molecular flexibility index (Phi) is 3.36.